The lowest BCUT2D eigenvalue weighted by Gasteiger charge is -2.34. The van der Waals surface area contributed by atoms with Crippen molar-refractivity contribution in [3.05, 3.63) is 34.6 Å². The number of nitrogens with one attached hydrogen (secondary N) is 1. The largest absolute Gasteiger partial charge is 0.383 e. The summed E-state index contributed by atoms with van der Waals surface area (Å²) in [6.45, 7) is 4.56. The Morgan fingerprint density at radius 1 is 1.21 bits per heavy atom. The highest BCUT2D eigenvalue weighted by Gasteiger charge is 2.22. The minimum Gasteiger partial charge on any atom is -0.383 e. The molecule has 1 aromatic rings. The molecule has 0 unspecified atom stereocenters. The van der Waals surface area contributed by atoms with Crippen LogP contribution in [0.25, 0.3) is 0 Å². The van der Waals surface area contributed by atoms with Crippen LogP contribution in [-0.2, 0) is 20.9 Å². The number of carbonyl (C=O) groups excluding carboxylic acids is 2. The summed E-state index contributed by atoms with van der Waals surface area (Å²) in [5.74, 6) is -0.530. The number of methoxy groups -OCH3 is 1. The fourth-order valence-corrected chi connectivity index (χ4v) is 3.20. The first kappa shape index (κ1) is 22.5. The van der Waals surface area contributed by atoms with Crippen molar-refractivity contribution < 1.29 is 18.7 Å². The van der Waals surface area contributed by atoms with E-state index in [1.807, 2.05) is 4.90 Å². The van der Waals surface area contributed by atoms with E-state index in [-0.39, 0.29) is 24.9 Å². The van der Waals surface area contributed by atoms with Crippen molar-refractivity contribution in [2.45, 2.75) is 6.54 Å². The predicted octanol–water partition coefficient (Wildman–Crippen LogP) is 0.818. The number of rotatable bonds is 9. The molecule has 1 aliphatic rings. The molecule has 0 aromatic heterocycles. The minimum atomic E-state index is -0.412. The van der Waals surface area contributed by atoms with Crippen molar-refractivity contribution in [1.82, 2.24) is 20.0 Å². The lowest BCUT2D eigenvalue weighted by molar-refractivity contribution is -0.132. The van der Waals surface area contributed by atoms with Crippen LogP contribution in [0.3, 0.4) is 0 Å². The molecule has 0 radical (unpaired) electrons. The molecule has 156 valence electrons. The van der Waals surface area contributed by atoms with Gasteiger partial charge in [0.05, 0.1) is 19.7 Å². The van der Waals surface area contributed by atoms with Gasteiger partial charge >= 0.3 is 0 Å². The third-order valence-corrected chi connectivity index (χ3v) is 5.06. The number of likely N-dealkylation sites (N-methyl/N-ethyl adjacent to an activating group) is 1. The van der Waals surface area contributed by atoms with Crippen LogP contribution in [0.5, 0.6) is 0 Å². The van der Waals surface area contributed by atoms with Crippen molar-refractivity contribution in [3.63, 3.8) is 0 Å². The van der Waals surface area contributed by atoms with Gasteiger partial charge in [-0.3, -0.25) is 19.4 Å². The molecule has 1 aromatic carbocycles. The van der Waals surface area contributed by atoms with Crippen LogP contribution < -0.4 is 5.32 Å². The number of piperazine rings is 1. The normalized spacial score (nSPS) is 15.4. The maximum Gasteiger partial charge on any atom is 0.236 e. The molecule has 0 spiro atoms. The van der Waals surface area contributed by atoms with E-state index >= 15 is 0 Å². The Balaban J connectivity index is 1.73. The van der Waals surface area contributed by atoms with Gasteiger partial charge < -0.3 is 15.0 Å². The van der Waals surface area contributed by atoms with Gasteiger partial charge in [0.2, 0.25) is 11.8 Å². The Morgan fingerprint density at radius 3 is 2.46 bits per heavy atom. The molecule has 9 heteroatoms. The molecule has 0 aliphatic carbocycles. The zero-order chi connectivity index (χ0) is 20.5. The standard InChI is InChI=1S/C19H28ClFN4O3/c1-23(12-15-16(20)4-3-5-17(15)21)19(27)14-25-9-7-24(8-10-25)13-18(26)22-6-11-28-2/h3-5H,6-14H2,1-2H3,(H,22,26). The lowest BCUT2D eigenvalue weighted by atomic mass is 10.2. The van der Waals surface area contributed by atoms with E-state index in [0.29, 0.717) is 56.5 Å². The Labute approximate surface area is 170 Å². The van der Waals surface area contributed by atoms with E-state index in [2.05, 4.69) is 10.2 Å². The molecule has 2 amide bonds. The Bertz CT molecular complexity index is 648. The number of halogens is 2. The third kappa shape index (κ3) is 7.01. The highest BCUT2D eigenvalue weighted by molar-refractivity contribution is 6.31. The van der Waals surface area contributed by atoms with Gasteiger partial charge in [-0.15, -0.1) is 0 Å². The van der Waals surface area contributed by atoms with Crippen LogP contribution in [0.2, 0.25) is 5.02 Å². The maximum absolute atomic E-state index is 13.9. The monoisotopic (exact) mass is 414 g/mol. The van der Waals surface area contributed by atoms with Crippen LogP contribution in [0.1, 0.15) is 5.56 Å². The zero-order valence-corrected chi connectivity index (χ0v) is 17.2. The fourth-order valence-electron chi connectivity index (χ4n) is 2.98. The highest BCUT2D eigenvalue weighted by Crippen LogP contribution is 2.20. The van der Waals surface area contributed by atoms with Gasteiger partial charge in [-0.05, 0) is 12.1 Å². The average Bonchev–Trinajstić information content (AvgIpc) is 2.66. The van der Waals surface area contributed by atoms with E-state index in [1.54, 1.807) is 26.3 Å². The van der Waals surface area contributed by atoms with Crippen molar-refractivity contribution in [2.24, 2.45) is 0 Å². The van der Waals surface area contributed by atoms with Gasteiger partial charge in [0, 0.05) is 64.0 Å². The molecular weight excluding hydrogens is 387 g/mol. The summed E-state index contributed by atoms with van der Waals surface area (Å²) in [6, 6.07) is 4.49. The quantitative estimate of drug-likeness (QED) is 0.606. The second-order valence-electron chi connectivity index (χ2n) is 6.85. The maximum atomic E-state index is 13.9. The number of amides is 2. The molecule has 1 aliphatic heterocycles. The van der Waals surface area contributed by atoms with Gasteiger partial charge in [0.15, 0.2) is 0 Å². The van der Waals surface area contributed by atoms with Gasteiger partial charge in [0.25, 0.3) is 0 Å². The molecule has 1 saturated heterocycles. The van der Waals surface area contributed by atoms with Gasteiger partial charge in [-0.25, -0.2) is 4.39 Å². The SMILES string of the molecule is COCCNC(=O)CN1CCN(CC(=O)N(C)Cc2c(F)cccc2Cl)CC1. The Hall–Kier alpha value is -1.74. The second kappa shape index (κ2) is 11.3. The van der Waals surface area contributed by atoms with Gasteiger partial charge in [-0.1, -0.05) is 17.7 Å². The molecule has 0 atom stereocenters. The lowest BCUT2D eigenvalue weighted by Crippen LogP contribution is -2.51. The molecule has 0 bridgehead atoms. The number of hydrogen-bond donors (Lipinski definition) is 1. The number of benzene rings is 1. The van der Waals surface area contributed by atoms with E-state index in [9.17, 15) is 14.0 Å². The van der Waals surface area contributed by atoms with Crippen molar-refractivity contribution in [1.29, 1.82) is 0 Å². The smallest absolute Gasteiger partial charge is 0.236 e. The summed E-state index contributed by atoms with van der Waals surface area (Å²) in [7, 11) is 3.24. The van der Waals surface area contributed by atoms with Crippen LogP contribution in [0, 0.1) is 5.82 Å². The fraction of sp³-hybridized carbons (Fsp3) is 0.579. The van der Waals surface area contributed by atoms with Crippen molar-refractivity contribution in [2.75, 3.05) is 66.6 Å². The number of ether oxygens (including phenoxy) is 1. The first-order valence-corrected chi connectivity index (χ1v) is 9.65. The summed E-state index contributed by atoms with van der Waals surface area (Å²) >= 11 is 6.03. The Kier molecular flexibility index (Phi) is 9.11. The second-order valence-corrected chi connectivity index (χ2v) is 7.25. The van der Waals surface area contributed by atoms with Crippen LogP contribution in [0.4, 0.5) is 4.39 Å². The summed E-state index contributed by atoms with van der Waals surface area (Å²) < 4.78 is 18.8. The molecular formula is C19H28ClFN4O3. The number of carbonyl (C=O) groups is 2. The molecule has 1 N–H and O–H groups in total. The highest BCUT2D eigenvalue weighted by atomic mass is 35.5. The van der Waals surface area contributed by atoms with E-state index in [1.165, 1.54) is 11.0 Å². The average molecular weight is 415 g/mol. The van der Waals surface area contributed by atoms with Crippen molar-refractivity contribution >= 4 is 23.4 Å². The van der Waals surface area contributed by atoms with E-state index in [4.69, 9.17) is 16.3 Å². The Morgan fingerprint density at radius 2 is 1.86 bits per heavy atom. The zero-order valence-electron chi connectivity index (χ0n) is 16.4. The summed E-state index contributed by atoms with van der Waals surface area (Å²) in [6.07, 6.45) is 0. The van der Waals surface area contributed by atoms with Gasteiger partial charge in [0.1, 0.15) is 5.82 Å². The molecule has 2 rings (SSSR count). The first-order valence-electron chi connectivity index (χ1n) is 9.28. The van der Waals surface area contributed by atoms with Gasteiger partial charge in [-0.2, -0.15) is 0 Å². The molecule has 0 saturated carbocycles. The van der Waals surface area contributed by atoms with Crippen LogP contribution in [-0.4, -0.2) is 93.1 Å². The number of hydrogen-bond acceptors (Lipinski definition) is 5. The molecule has 28 heavy (non-hydrogen) atoms. The van der Waals surface area contributed by atoms with E-state index < -0.39 is 5.82 Å². The summed E-state index contributed by atoms with van der Waals surface area (Å²) in [5.41, 5.74) is 0.323. The minimum absolute atomic E-state index is 0.0249. The number of nitrogens with zero attached hydrogens (tertiary/aromatic N) is 3. The van der Waals surface area contributed by atoms with Crippen LogP contribution in [0.15, 0.2) is 18.2 Å². The van der Waals surface area contributed by atoms with E-state index in [0.717, 1.165) is 0 Å². The van der Waals surface area contributed by atoms with Crippen LogP contribution >= 0.6 is 11.6 Å². The predicted molar refractivity (Wildman–Crippen MR) is 106 cm³/mol. The molecule has 1 heterocycles. The summed E-state index contributed by atoms with van der Waals surface area (Å²) in [4.78, 5) is 29.9. The third-order valence-electron chi connectivity index (χ3n) is 4.70. The molecule has 7 nitrogen and oxygen atoms in total. The van der Waals surface area contributed by atoms with Crippen molar-refractivity contribution in [3.8, 4) is 0 Å². The summed E-state index contributed by atoms with van der Waals surface area (Å²) in [5, 5.41) is 3.12. The first-order chi connectivity index (χ1) is 13.4. The topological polar surface area (TPSA) is 65.1 Å². The molecule has 1 fully saturated rings.